The minimum absolute atomic E-state index is 0.208. The van der Waals surface area contributed by atoms with Gasteiger partial charge in [-0.25, -0.2) is 8.78 Å². The maximum Gasteiger partial charge on any atom is 0.251 e. The standard InChI is InChI=1S/C7H16F2N2O/c1-7(10,5-12)4-11(2)3-6(8)9/h6,12H,3-5,10H2,1-2H3. The highest BCUT2D eigenvalue weighted by Gasteiger charge is 2.20. The molecule has 74 valence electrons. The third-order valence-electron chi connectivity index (χ3n) is 1.44. The monoisotopic (exact) mass is 182 g/mol. The smallest absolute Gasteiger partial charge is 0.251 e. The summed E-state index contributed by atoms with van der Waals surface area (Å²) in [4.78, 5) is 1.40. The molecule has 0 fully saturated rings. The fourth-order valence-electron chi connectivity index (χ4n) is 0.967. The molecule has 0 amide bonds. The fraction of sp³-hybridized carbons (Fsp3) is 1.00. The number of nitrogens with two attached hydrogens (primary N) is 1. The van der Waals surface area contributed by atoms with E-state index in [2.05, 4.69) is 0 Å². The van der Waals surface area contributed by atoms with Crippen molar-refractivity contribution in [1.82, 2.24) is 4.90 Å². The molecule has 0 spiro atoms. The van der Waals surface area contributed by atoms with Gasteiger partial charge in [0.2, 0.25) is 0 Å². The van der Waals surface area contributed by atoms with Gasteiger partial charge in [0.05, 0.1) is 13.2 Å². The van der Waals surface area contributed by atoms with E-state index in [1.54, 1.807) is 14.0 Å². The predicted molar refractivity (Wildman–Crippen MR) is 43.2 cm³/mol. The van der Waals surface area contributed by atoms with E-state index in [1.807, 2.05) is 0 Å². The Hall–Kier alpha value is -0.260. The Labute approximate surface area is 71.2 Å². The maximum absolute atomic E-state index is 11.8. The summed E-state index contributed by atoms with van der Waals surface area (Å²) in [6.07, 6.45) is -2.36. The summed E-state index contributed by atoms with van der Waals surface area (Å²) in [5.41, 5.74) is 4.75. The lowest BCUT2D eigenvalue weighted by molar-refractivity contribution is 0.0812. The van der Waals surface area contributed by atoms with Gasteiger partial charge in [0.1, 0.15) is 0 Å². The molecule has 0 saturated heterocycles. The Kier molecular flexibility index (Phi) is 4.59. The van der Waals surface area contributed by atoms with Crippen LogP contribution in [0.25, 0.3) is 0 Å². The first-order chi connectivity index (χ1) is 5.37. The van der Waals surface area contributed by atoms with E-state index in [0.717, 1.165) is 0 Å². The molecule has 0 aromatic rings. The first-order valence-electron chi connectivity index (χ1n) is 3.74. The van der Waals surface area contributed by atoms with Crippen LogP contribution < -0.4 is 5.73 Å². The van der Waals surface area contributed by atoms with Crippen LogP contribution >= 0.6 is 0 Å². The fourth-order valence-corrected chi connectivity index (χ4v) is 0.967. The number of nitrogens with zero attached hydrogens (tertiary/aromatic N) is 1. The van der Waals surface area contributed by atoms with E-state index in [0.29, 0.717) is 0 Å². The molecule has 0 aromatic carbocycles. The number of hydrogen-bond donors (Lipinski definition) is 2. The highest BCUT2D eigenvalue weighted by molar-refractivity contribution is 4.80. The molecular weight excluding hydrogens is 166 g/mol. The van der Waals surface area contributed by atoms with E-state index in [-0.39, 0.29) is 19.7 Å². The number of rotatable bonds is 5. The van der Waals surface area contributed by atoms with Gasteiger partial charge in [-0.1, -0.05) is 0 Å². The van der Waals surface area contributed by atoms with Crippen LogP contribution in [0.2, 0.25) is 0 Å². The zero-order valence-corrected chi connectivity index (χ0v) is 7.43. The molecule has 0 heterocycles. The second-order valence-corrected chi connectivity index (χ2v) is 3.40. The van der Waals surface area contributed by atoms with Crippen LogP contribution in [0.15, 0.2) is 0 Å². The quantitative estimate of drug-likeness (QED) is 0.624. The van der Waals surface area contributed by atoms with Crippen molar-refractivity contribution < 1.29 is 13.9 Å². The number of likely N-dealkylation sites (N-methyl/N-ethyl adjacent to an activating group) is 1. The summed E-state index contributed by atoms with van der Waals surface area (Å²) in [6, 6.07) is 0. The molecule has 0 rings (SSSR count). The van der Waals surface area contributed by atoms with E-state index >= 15 is 0 Å². The second-order valence-electron chi connectivity index (χ2n) is 3.40. The molecule has 12 heavy (non-hydrogen) atoms. The summed E-state index contributed by atoms with van der Waals surface area (Å²) in [5.74, 6) is 0. The molecule has 0 aliphatic rings. The molecule has 0 aliphatic heterocycles. The van der Waals surface area contributed by atoms with Gasteiger partial charge in [-0.2, -0.15) is 0 Å². The Balaban J connectivity index is 3.75. The van der Waals surface area contributed by atoms with E-state index in [9.17, 15) is 8.78 Å². The van der Waals surface area contributed by atoms with Crippen LogP contribution in [0.3, 0.4) is 0 Å². The van der Waals surface area contributed by atoms with Gasteiger partial charge in [-0.15, -0.1) is 0 Å². The zero-order valence-electron chi connectivity index (χ0n) is 7.43. The van der Waals surface area contributed by atoms with Gasteiger partial charge < -0.3 is 10.8 Å². The Bertz CT molecular complexity index is 131. The van der Waals surface area contributed by atoms with Crippen molar-refractivity contribution in [3.8, 4) is 0 Å². The average molecular weight is 182 g/mol. The third-order valence-corrected chi connectivity index (χ3v) is 1.44. The molecule has 0 radical (unpaired) electrons. The Morgan fingerprint density at radius 1 is 1.58 bits per heavy atom. The van der Waals surface area contributed by atoms with Crippen molar-refractivity contribution in [2.24, 2.45) is 5.73 Å². The molecule has 1 unspecified atom stereocenters. The largest absolute Gasteiger partial charge is 0.394 e. The summed E-state index contributed by atoms with van der Waals surface area (Å²) in [5, 5.41) is 8.74. The molecule has 3 N–H and O–H groups in total. The van der Waals surface area contributed by atoms with Crippen LogP contribution in [0.1, 0.15) is 6.92 Å². The molecule has 0 aliphatic carbocycles. The molecule has 1 atom stereocenters. The van der Waals surface area contributed by atoms with Crippen molar-refractivity contribution in [3.05, 3.63) is 0 Å². The molecule has 0 bridgehead atoms. The topological polar surface area (TPSA) is 49.5 Å². The first kappa shape index (κ1) is 11.7. The lowest BCUT2D eigenvalue weighted by Gasteiger charge is -2.27. The Morgan fingerprint density at radius 2 is 2.08 bits per heavy atom. The van der Waals surface area contributed by atoms with E-state index in [1.165, 1.54) is 4.90 Å². The highest BCUT2D eigenvalue weighted by Crippen LogP contribution is 2.02. The summed E-state index contributed by atoms with van der Waals surface area (Å²) in [6.45, 7) is 1.36. The number of aliphatic hydroxyl groups excluding tert-OH is 1. The Morgan fingerprint density at radius 3 is 2.42 bits per heavy atom. The number of hydrogen-bond acceptors (Lipinski definition) is 3. The maximum atomic E-state index is 11.8. The van der Waals surface area contributed by atoms with Crippen molar-refractivity contribution in [2.45, 2.75) is 18.9 Å². The minimum atomic E-state index is -2.36. The first-order valence-corrected chi connectivity index (χ1v) is 3.74. The van der Waals surface area contributed by atoms with Crippen molar-refractivity contribution in [2.75, 3.05) is 26.7 Å². The SMILES string of the molecule is CN(CC(F)F)CC(C)(N)CO. The van der Waals surface area contributed by atoms with Gasteiger partial charge in [0, 0.05) is 12.1 Å². The second kappa shape index (κ2) is 4.69. The van der Waals surface area contributed by atoms with Crippen LogP contribution in [0.5, 0.6) is 0 Å². The predicted octanol–water partition coefficient (Wildman–Crippen LogP) is -0.107. The number of aliphatic hydroxyl groups is 1. The van der Waals surface area contributed by atoms with Crippen LogP contribution in [0.4, 0.5) is 8.78 Å². The van der Waals surface area contributed by atoms with Gasteiger partial charge in [-0.3, -0.25) is 4.90 Å². The molecule has 0 aromatic heterocycles. The normalized spacial score (nSPS) is 17.0. The summed E-state index contributed by atoms with van der Waals surface area (Å²) >= 11 is 0. The highest BCUT2D eigenvalue weighted by atomic mass is 19.3. The van der Waals surface area contributed by atoms with Crippen molar-refractivity contribution in [3.63, 3.8) is 0 Å². The van der Waals surface area contributed by atoms with Gasteiger partial charge in [-0.05, 0) is 14.0 Å². The third kappa shape index (κ3) is 5.40. The lowest BCUT2D eigenvalue weighted by atomic mass is 10.1. The molecule has 5 heteroatoms. The minimum Gasteiger partial charge on any atom is -0.394 e. The molecular formula is C7H16F2N2O. The van der Waals surface area contributed by atoms with Crippen molar-refractivity contribution in [1.29, 1.82) is 0 Å². The van der Waals surface area contributed by atoms with Crippen LogP contribution in [-0.4, -0.2) is 48.7 Å². The average Bonchev–Trinajstić information content (AvgIpc) is 1.84. The van der Waals surface area contributed by atoms with E-state index < -0.39 is 12.0 Å². The number of alkyl halides is 2. The zero-order chi connectivity index (χ0) is 9.78. The lowest BCUT2D eigenvalue weighted by Crippen LogP contribution is -2.50. The van der Waals surface area contributed by atoms with Crippen LogP contribution in [0, 0.1) is 0 Å². The summed E-state index contributed by atoms with van der Waals surface area (Å²) in [7, 11) is 1.55. The summed E-state index contributed by atoms with van der Waals surface area (Å²) < 4.78 is 23.6. The van der Waals surface area contributed by atoms with Gasteiger partial charge in [0.15, 0.2) is 0 Å². The van der Waals surface area contributed by atoms with Gasteiger partial charge in [0.25, 0.3) is 6.43 Å². The van der Waals surface area contributed by atoms with Crippen LogP contribution in [-0.2, 0) is 0 Å². The molecule has 3 nitrogen and oxygen atoms in total. The molecule has 0 saturated carbocycles. The number of halogens is 2. The van der Waals surface area contributed by atoms with E-state index in [4.69, 9.17) is 10.8 Å². The van der Waals surface area contributed by atoms with Crippen molar-refractivity contribution >= 4 is 0 Å². The van der Waals surface area contributed by atoms with Gasteiger partial charge >= 0.3 is 0 Å².